The molecule has 1 saturated carbocycles. The van der Waals surface area contributed by atoms with Gasteiger partial charge < -0.3 is 15.0 Å². The lowest BCUT2D eigenvalue weighted by atomic mass is 9.98. The number of nitrogens with one attached hydrogen (secondary N) is 1. The van der Waals surface area contributed by atoms with E-state index in [1.165, 1.54) is 12.8 Å². The minimum Gasteiger partial charge on any atom is -0.356 e. The van der Waals surface area contributed by atoms with Crippen LogP contribution < -0.4 is 5.32 Å². The number of benzene rings is 2. The molecule has 27 heavy (non-hydrogen) atoms. The maximum absolute atomic E-state index is 13.4. The van der Waals surface area contributed by atoms with E-state index in [-0.39, 0.29) is 18.4 Å². The molecule has 4 rings (SSSR count). The van der Waals surface area contributed by atoms with E-state index in [2.05, 4.69) is 5.32 Å². The molecule has 0 aromatic heterocycles. The first kappa shape index (κ1) is 17.7. The van der Waals surface area contributed by atoms with Crippen LogP contribution in [0.2, 0.25) is 0 Å². The molecular formula is C22H24N2O3. The molecule has 1 heterocycles. The Bertz CT molecular complexity index is 790. The Hall–Kier alpha value is -2.66. The zero-order valence-electron chi connectivity index (χ0n) is 15.2. The van der Waals surface area contributed by atoms with Crippen molar-refractivity contribution in [1.29, 1.82) is 0 Å². The van der Waals surface area contributed by atoms with Gasteiger partial charge in [0, 0.05) is 13.1 Å². The smallest absolute Gasteiger partial charge is 0.254 e. The van der Waals surface area contributed by atoms with Crippen LogP contribution in [0.1, 0.15) is 30.0 Å². The normalized spacial score (nSPS) is 22.1. The average molecular weight is 364 g/mol. The highest BCUT2D eigenvalue weighted by Gasteiger charge is 2.39. The van der Waals surface area contributed by atoms with Gasteiger partial charge in [-0.25, -0.2) is 0 Å². The van der Waals surface area contributed by atoms with E-state index in [0.29, 0.717) is 12.5 Å². The summed E-state index contributed by atoms with van der Waals surface area (Å²) in [6, 6.07) is 19.1. The highest BCUT2D eigenvalue weighted by molar-refractivity contribution is 5.86. The van der Waals surface area contributed by atoms with E-state index in [0.717, 1.165) is 17.7 Å². The monoisotopic (exact) mass is 364 g/mol. The van der Waals surface area contributed by atoms with E-state index >= 15 is 0 Å². The molecule has 0 bridgehead atoms. The van der Waals surface area contributed by atoms with Crippen LogP contribution in [0.5, 0.6) is 0 Å². The Morgan fingerprint density at radius 1 is 1.04 bits per heavy atom. The fourth-order valence-electron chi connectivity index (χ4n) is 3.51. The molecule has 2 amide bonds. The van der Waals surface area contributed by atoms with Crippen molar-refractivity contribution < 1.29 is 14.3 Å². The number of amides is 2. The minimum atomic E-state index is -0.701. The van der Waals surface area contributed by atoms with Crippen molar-refractivity contribution in [2.24, 2.45) is 5.92 Å². The van der Waals surface area contributed by atoms with Gasteiger partial charge >= 0.3 is 0 Å². The topological polar surface area (TPSA) is 58.6 Å². The van der Waals surface area contributed by atoms with Crippen molar-refractivity contribution in [1.82, 2.24) is 10.2 Å². The summed E-state index contributed by atoms with van der Waals surface area (Å²) in [5.74, 6) is 0.329. The van der Waals surface area contributed by atoms with Crippen molar-refractivity contribution in [3.8, 4) is 0 Å². The average Bonchev–Trinajstić information content (AvgIpc) is 3.52. The Labute approximate surface area is 159 Å². The molecule has 5 heteroatoms. The number of morpholine rings is 1. The summed E-state index contributed by atoms with van der Waals surface area (Å²) in [4.78, 5) is 27.2. The van der Waals surface area contributed by atoms with Crippen LogP contribution in [-0.2, 0) is 20.9 Å². The molecule has 1 N–H and O–H groups in total. The van der Waals surface area contributed by atoms with Gasteiger partial charge in [0.15, 0.2) is 6.10 Å². The molecule has 1 aliphatic carbocycles. The van der Waals surface area contributed by atoms with Crippen LogP contribution in [0.4, 0.5) is 0 Å². The zero-order valence-corrected chi connectivity index (χ0v) is 15.2. The molecule has 0 unspecified atom stereocenters. The molecule has 5 nitrogen and oxygen atoms in total. The van der Waals surface area contributed by atoms with E-state index < -0.39 is 12.1 Å². The van der Waals surface area contributed by atoms with Crippen LogP contribution in [0.3, 0.4) is 0 Å². The van der Waals surface area contributed by atoms with Gasteiger partial charge in [0.05, 0.1) is 6.04 Å². The third kappa shape index (κ3) is 4.37. The number of carbonyl (C=O) groups is 2. The highest BCUT2D eigenvalue weighted by Crippen LogP contribution is 2.32. The molecule has 2 aliphatic rings. The molecule has 140 valence electrons. The lowest BCUT2D eigenvalue weighted by molar-refractivity contribution is -0.156. The van der Waals surface area contributed by atoms with Crippen LogP contribution in [0.15, 0.2) is 60.7 Å². The molecule has 0 radical (unpaired) electrons. The molecule has 2 aromatic carbocycles. The summed E-state index contributed by atoms with van der Waals surface area (Å²) in [6.45, 7) is 1.22. The van der Waals surface area contributed by atoms with Crippen molar-refractivity contribution in [3.05, 3.63) is 71.8 Å². The van der Waals surface area contributed by atoms with Gasteiger partial charge in [-0.1, -0.05) is 60.7 Å². The summed E-state index contributed by atoms with van der Waals surface area (Å²) < 4.78 is 5.74. The third-order valence-electron chi connectivity index (χ3n) is 5.12. The first-order valence-corrected chi connectivity index (χ1v) is 9.49. The van der Waals surface area contributed by atoms with Gasteiger partial charge in [-0.15, -0.1) is 0 Å². The lowest BCUT2D eigenvalue weighted by Gasteiger charge is -2.35. The third-order valence-corrected chi connectivity index (χ3v) is 5.12. The van der Waals surface area contributed by atoms with E-state index in [4.69, 9.17) is 4.74 Å². The second-order valence-corrected chi connectivity index (χ2v) is 7.34. The maximum atomic E-state index is 13.4. The molecule has 2 fully saturated rings. The molecule has 2 atom stereocenters. The zero-order chi connectivity index (χ0) is 18.6. The van der Waals surface area contributed by atoms with E-state index in [1.54, 1.807) is 0 Å². The van der Waals surface area contributed by atoms with Crippen molar-refractivity contribution >= 4 is 11.8 Å². The standard InChI is InChI=1S/C22H24N2O3/c25-19-15-27-21(20(23-19)18-9-5-2-6-10-18)22(26)24(14-17-11-12-17)13-16-7-3-1-4-8-16/h1-10,17,20-21H,11-15H2,(H,23,25)/t20-,21+/m1/s1. The van der Waals surface area contributed by atoms with E-state index in [9.17, 15) is 9.59 Å². The quantitative estimate of drug-likeness (QED) is 0.857. The molecule has 2 aromatic rings. The summed E-state index contributed by atoms with van der Waals surface area (Å²) in [6.07, 6.45) is 1.64. The highest BCUT2D eigenvalue weighted by atomic mass is 16.5. The second kappa shape index (κ2) is 7.92. The van der Waals surface area contributed by atoms with Crippen molar-refractivity contribution in [3.63, 3.8) is 0 Å². The fourth-order valence-corrected chi connectivity index (χ4v) is 3.51. The lowest BCUT2D eigenvalue weighted by Crippen LogP contribution is -2.53. The van der Waals surface area contributed by atoms with Crippen LogP contribution in [-0.4, -0.2) is 36.0 Å². The summed E-state index contributed by atoms with van der Waals surface area (Å²) in [5, 5.41) is 2.94. The van der Waals surface area contributed by atoms with Crippen LogP contribution in [0.25, 0.3) is 0 Å². The number of carbonyl (C=O) groups excluding carboxylic acids is 2. The van der Waals surface area contributed by atoms with Gasteiger partial charge in [-0.2, -0.15) is 0 Å². The van der Waals surface area contributed by atoms with Crippen molar-refractivity contribution in [2.45, 2.75) is 31.5 Å². The largest absolute Gasteiger partial charge is 0.356 e. The van der Waals surface area contributed by atoms with Gasteiger partial charge in [-0.05, 0) is 29.9 Å². The summed E-state index contributed by atoms with van der Waals surface area (Å²) in [5.41, 5.74) is 1.98. The van der Waals surface area contributed by atoms with Gasteiger partial charge in [-0.3, -0.25) is 9.59 Å². The molecule has 1 saturated heterocycles. The van der Waals surface area contributed by atoms with Gasteiger partial charge in [0.1, 0.15) is 6.61 Å². The van der Waals surface area contributed by atoms with Gasteiger partial charge in [0.2, 0.25) is 5.91 Å². The number of nitrogens with zero attached hydrogens (tertiary/aromatic N) is 1. The predicted molar refractivity (Wildman–Crippen MR) is 102 cm³/mol. The van der Waals surface area contributed by atoms with E-state index in [1.807, 2.05) is 65.6 Å². The fraction of sp³-hybridized carbons (Fsp3) is 0.364. The number of hydrogen-bond donors (Lipinski definition) is 1. The number of ether oxygens (including phenoxy) is 1. The molecular weight excluding hydrogens is 340 g/mol. The summed E-state index contributed by atoms with van der Waals surface area (Å²) in [7, 11) is 0. The Kier molecular flexibility index (Phi) is 5.21. The van der Waals surface area contributed by atoms with Gasteiger partial charge in [0.25, 0.3) is 5.91 Å². The number of rotatable bonds is 6. The Morgan fingerprint density at radius 2 is 1.70 bits per heavy atom. The Morgan fingerprint density at radius 3 is 2.37 bits per heavy atom. The molecule has 0 spiro atoms. The van der Waals surface area contributed by atoms with Crippen LogP contribution in [0, 0.1) is 5.92 Å². The molecule has 1 aliphatic heterocycles. The van der Waals surface area contributed by atoms with Crippen molar-refractivity contribution in [2.75, 3.05) is 13.2 Å². The van der Waals surface area contributed by atoms with Crippen LogP contribution >= 0.6 is 0 Å². The number of hydrogen-bond acceptors (Lipinski definition) is 3. The Balaban J connectivity index is 1.57. The second-order valence-electron chi connectivity index (χ2n) is 7.34. The first-order chi connectivity index (χ1) is 13.2. The first-order valence-electron chi connectivity index (χ1n) is 9.49. The minimum absolute atomic E-state index is 0.0559. The summed E-state index contributed by atoms with van der Waals surface area (Å²) >= 11 is 0. The SMILES string of the molecule is O=C1CO[C@H](C(=O)N(Cc2ccccc2)CC2CC2)[C@@H](c2ccccc2)N1. The predicted octanol–water partition coefficient (Wildman–Crippen LogP) is 2.68. The maximum Gasteiger partial charge on any atom is 0.254 e.